The van der Waals surface area contributed by atoms with Gasteiger partial charge in [0.05, 0.1) is 18.2 Å². The van der Waals surface area contributed by atoms with Crippen molar-refractivity contribution in [2.24, 2.45) is 14.1 Å². The molecule has 0 bridgehead atoms. The summed E-state index contributed by atoms with van der Waals surface area (Å²) in [5, 5.41) is 15.0. The van der Waals surface area contributed by atoms with E-state index in [2.05, 4.69) is 10.6 Å². The standard InChI is InChI=1S/C16H18N4O5/c1-4-25-10-7-8(5-6-9(10)21)12-11-13(18-15(23)17-12)19(2)16(24)20(3)14(11)22/h5-7,12,21H,4H2,1-3H3,(H2,17,18,23). The monoisotopic (exact) mass is 346 g/mol. The van der Waals surface area contributed by atoms with Crippen LogP contribution in [0, 0.1) is 0 Å². The van der Waals surface area contributed by atoms with Gasteiger partial charge in [0.2, 0.25) is 0 Å². The SMILES string of the molecule is CCOc1cc(C2NC(=O)Nc3c2c(=O)n(C)c(=O)n3C)ccc1O. The van der Waals surface area contributed by atoms with Gasteiger partial charge < -0.3 is 15.2 Å². The molecular weight excluding hydrogens is 328 g/mol. The minimum Gasteiger partial charge on any atom is -0.504 e. The molecule has 0 saturated carbocycles. The van der Waals surface area contributed by atoms with Crippen LogP contribution in [0.4, 0.5) is 10.6 Å². The molecule has 3 rings (SSSR count). The molecule has 2 amide bonds. The van der Waals surface area contributed by atoms with E-state index in [-0.39, 0.29) is 22.9 Å². The number of anilines is 1. The fraction of sp³-hybridized carbons (Fsp3) is 0.312. The smallest absolute Gasteiger partial charge is 0.332 e. The van der Waals surface area contributed by atoms with Gasteiger partial charge in [-0.05, 0) is 24.6 Å². The fourth-order valence-corrected chi connectivity index (χ4v) is 2.86. The number of phenols is 1. The zero-order valence-electron chi connectivity index (χ0n) is 14.0. The molecule has 1 aliphatic heterocycles. The predicted octanol–water partition coefficient (Wildman–Crippen LogP) is 0.413. The molecule has 1 aliphatic rings. The van der Waals surface area contributed by atoms with E-state index < -0.39 is 23.3 Å². The summed E-state index contributed by atoms with van der Waals surface area (Å²) in [6.45, 7) is 2.13. The Labute approximate surface area is 142 Å². The van der Waals surface area contributed by atoms with E-state index in [9.17, 15) is 19.5 Å². The molecule has 0 saturated heterocycles. The first-order valence-electron chi connectivity index (χ1n) is 7.68. The second kappa shape index (κ2) is 6.00. The number of phenolic OH excluding ortho intramolecular Hbond substituents is 1. The van der Waals surface area contributed by atoms with E-state index in [1.807, 2.05) is 0 Å². The molecule has 2 aromatic rings. The molecular formula is C16H18N4O5. The van der Waals surface area contributed by atoms with E-state index >= 15 is 0 Å². The lowest BCUT2D eigenvalue weighted by atomic mass is 9.98. The third-order valence-corrected chi connectivity index (χ3v) is 4.11. The van der Waals surface area contributed by atoms with Gasteiger partial charge in [-0.15, -0.1) is 0 Å². The molecule has 0 aliphatic carbocycles. The lowest BCUT2D eigenvalue weighted by Crippen LogP contribution is -2.49. The van der Waals surface area contributed by atoms with Crippen molar-refractivity contribution in [3.8, 4) is 11.5 Å². The van der Waals surface area contributed by atoms with Crippen LogP contribution in [-0.4, -0.2) is 26.9 Å². The second-order valence-electron chi connectivity index (χ2n) is 5.66. The number of hydrogen-bond donors (Lipinski definition) is 3. The molecule has 1 aromatic carbocycles. The number of amides is 2. The van der Waals surface area contributed by atoms with Gasteiger partial charge in [0.1, 0.15) is 5.82 Å². The van der Waals surface area contributed by atoms with Crippen LogP contribution in [-0.2, 0) is 14.1 Å². The van der Waals surface area contributed by atoms with Gasteiger partial charge in [0.25, 0.3) is 5.56 Å². The van der Waals surface area contributed by atoms with Crippen molar-refractivity contribution in [3.05, 3.63) is 50.2 Å². The first kappa shape index (κ1) is 16.6. The highest BCUT2D eigenvalue weighted by molar-refractivity contribution is 5.92. The minimum absolute atomic E-state index is 0.0422. The Morgan fingerprint density at radius 2 is 1.92 bits per heavy atom. The Balaban J connectivity index is 2.24. The maximum absolute atomic E-state index is 12.6. The average Bonchev–Trinajstić information content (AvgIpc) is 2.59. The van der Waals surface area contributed by atoms with Gasteiger partial charge in [-0.1, -0.05) is 6.07 Å². The second-order valence-corrected chi connectivity index (χ2v) is 5.66. The third-order valence-electron chi connectivity index (χ3n) is 4.11. The van der Waals surface area contributed by atoms with Crippen LogP contribution >= 0.6 is 0 Å². The number of benzene rings is 1. The molecule has 2 heterocycles. The summed E-state index contributed by atoms with van der Waals surface area (Å²) >= 11 is 0. The maximum Gasteiger partial charge on any atom is 0.332 e. The molecule has 132 valence electrons. The molecule has 9 nitrogen and oxygen atoms in total. The van der Waals surface area contributed by atoms with Gasteiger partial charge in [-0.25, -0.2) is 9.59 Å². The van der Waals surface area contributed by atoms with E-state index in [0.717, 1.165) is 4.57 Å². The molecule has 3 N–H and O–H groups in total. The highest BCUT2D eigenvalue weighted by Gasteiger charge is 2.32. The Hall–Kier alpha value is -3.23. The van der Waals surface area contributed by atoms with E-state index in [1.54, 1.807) is 19.1 Å². The summed E-state index contributed by atoms with van der Waals surface area (Å²) in [4.78, 5) is 36.7. The van der Waals surface area contributed by atoms with Crippen LogP contribution in [0.25, 0.3) is 0 Å². The summed E-state index contributed by atoms with van der Waals surface area (Å²) in [6, 6.07) is 3.26. The van der Waals surface area contributed by atoms with Crippen molar-refractivity contribution in [1.29, 1.82) is 0 Å². The Morgan fingerprint density at radius 3 is 2.60 bits per heavy atom. The molecule has 0 radical (unpaired) electrons. The predicted molar refractivity (Wildman–Crippen MR) is 90.2 cm³/mol. The molecule has 1 aromatic heterocycles. The van der Waals surface area contributed by atoms with Crippen molar-refractivity contribution in [3.63, 3.8) is 0 Å². The molecule has 1 atom stereocenters. The number of ether oxygens (including phenoxy) is 1. The van der Waals surface area contributed by atoms with Crippen LogP contribution in [0.2, 0.25) is 0 Å². The molecule has 1 unspecified atom stereocenters. The largest absolute Gasteiger partial charge is 0.504 e. The number of carbonyl (C=O) groups excluding carboxylic acids is 1. The highest BCUT2D eigenvalue weighted by Crippen LogP contribution is 2.34. The highest BCUT2D eigenvalue weighted by atomic mass is 16.5. The average molecular weight is 346 g/mol. The normalized spacial score (nSPS) is 16.0. The summed E-state index contributed by atoms with van der Waals surface area (Å²) in [7, 11) is 2.85. The van der Waals surface area contributed by atoms with Crippen LogP contribution in [0.1, 0.15) is 24.1 Å². The summed E-state index contributed by atoms with van der Waals surface area (Å²) in [6.07, 6.45) is 0. The first-order chi connectivity index (χ1) is 11.8. The summed E-state index contributed by atoms with van der Waals surface area (Å²) in [5.74, 6) is 0.350. The molecule has 0 spiro atoms. The number of aromatic hydroxyl groups is 1. The van der Waals surface area contributed by atoms with Crippen molar-refractivity contribution in [1.82, 2.24) is 14.5 Å². The van der Waals surface area contributed by atoms with Gasteiger partial charge in [0.15, 0.2) is 11.5 Å². The molecule has 25 heavy (non-hydrogen) atoms. The van der Waals surface area contributed by atoms with Crippen molar-refractivity contribution in [2.75, 3.05) is 11.9 Å². The number of rotatable bonds is 3. The maximum atomic E-state index is 12.6. The lowest BCUT2D eigenvalue weighted by Gasteiger charge is -2.28. The van der Waals surface area contributed by atoms with Crippen LogP contribution in [0.15, 0.2) is 27.8 Å². The Morgan fingerprint density at radius 1 is 1.20 bits per heavy atom. The van der Waals surface area contributed by atoms with E-state index in [0.29, 0.717) is 12.2 Å². The van der Waals surface area contributed by atoms with Crippen LogP contribution in [0.5, 0.6) is 11.5 Å². The minimum atomic E-state index is -0.783. The lowest BCUT2D eigenvalue weighted by molar-refractivity contribution is 0.248. The number of aromatic nitrogens is 2. The number of hydrogen-bond acceptors (Lipinski definition) is 5. The quantitative estimate of drug-likeness (QED) is 0.745. The molecule has 9 heteroatoms. The summed E-state index contributed by atoms with van der Waals surface area (Å²) in [5.41, 5.74) is -0.266. The number of nitrogens with one attached hydrogen (secondary N) is 2. The summed E-state index contributed by atoms with van der Waals surface area (Å²) < 4.78 is 7.56. The third kappa shape index (κ3) is 2.63. The van der Waals surface area contributed by atoms with E-state index in [1.165, 1.54) is 24.7 Å². The zero-order valence-corrected chi connectivity index (χ0v) is 14.0. The van der Waals surface area contributed by atoms with Crippen LogP contribution in [0.3, 0.4) is 0 Å². The zero-order chi connectivity index (χ0) is 18.3. The number of nitrogens with zero attached hydrogens (tertiary/aromatic N) is 2. The van der Waals surface area contributed by atoms with Crippen molar-refractivity contribution >= 4 is 11.8 Å². The fourth-order valence-electron chi connectivity index (χ4n) is 2.86. The topological polar surface area (TPSA) is 115 Å². The first-order valence-corrected chi connectivity index (χ1v) is 7.68. The Bertz CT molecular complexity index is 976. The van der Waals surface area contributed by atoms with E-state index in [4.69, 9.17) is 4.74 Å². The van der Waals surface area contributed by atoms with Gasteiger partial charge >= 0.3 is 11.7 Å². The van der Waals surface area contributed by atoms with Gasteiger partial charge in [-0.2, -0.15) is 0 Å². The van der Waals surface area contributed by atoms with Crippen molar-refractivity contribution in [2.45, 2.75) is 13.0 Å². The number of fused-ring (bicyclic) bond motifs is 1. The van der Waals surface area contributed by atoms with Crippen LogP contribution < -0.4 is 26.6 Å². The van der Waals surface area contributed by atoms with Gasteiger partial charge in [0, 0.05) is 14.1 Å². The number of carbonyl (C=O) groups is 1. The molecule has 0 fully saturated rings. The number of urea groups is 1. The van der Waals surface area contributed by atoms with Gasteiger partial charge in [-0.3, -0.25) is 19.2 Å². The van der Waals surface area contributed by atoms with Crippen molar-refractivity contribution < 1.29 is 14.6 Å². The Kier molecular flexibility index (Phi) is 3.99.